The van der Waals surface area contributed by atoms with E-state index in [-0.39, 0.29) is 0 Å². The SMILES string of the molecule is COc1ccccc1NC(=S)NCCc1c[nH]c2ccc(Cl)cc12. The monoisotopic (exact) mass is 359 g/mol. The molecular formula is C18H18ClN3OS. The Kier molecular flexibility index (Phi) is 5.23. The predicted molar refractivity (Wildman–Crippen MR) is 104 cm³/mol. The Labute approximate surface area is 151 Å². The smallest absolute Gasteiger partial charge is 0.170 e. The number of thiocarbonyl (C=S) groups is 1. The molecule has 4 nitrogen and oxygen atoms in total. The van der Waals surface area contributed by atoms with Gasteiger partial charge >= 0.3 is 0 Å². The van der Waals surface area contributed by atoms with Crippen molar-refractivity contribution in [3.63, 3.8) is 0 Å². The van der Waals surface area contributed by atoms with Gasteiger partial charge in [-0.15, -0.1) is 0 Å². The lowest BCUT2D eigenvalue weighted by Crippen LogP contribution is -2.30. The van der Waals surface area contributed by atoms with Gasteiger partial charge in [0.05, 0.1) is 12.8 Å². The van der Waals surface area contributed by atoms with Gasteiger partial charge in [-0.1, -0.05) is 23.7 Å². The number of H-pyrrole nitrogens is 1. The summed E-state index contributed by atoms with van der Waals surface area (Å²) in [6.45, 7) is 0.723. The molecule has 124 valence electrons. The van der Waals surface area contributed by atoms with E-state index < -0.39 is 0 Å². The summed E-state index contributed by atoms with van der Waals surface area (Å²) >= 11 is 11.4. The van der Waals surface area contributed by atoms with Gasteiger partial charge in [-0.2, -0.15) is 0 Å². The van der Waals surface area contributed by atoms with Crippen LogP contribution in [-0.2, 0) is 6.42 Å². The van der Waals surface area contributed by atoms with Crippen LogP contribution in [0, 0.1) is 0 Å². The standard InChI is InChI=1S/C18H18ClN3OS/c1-23-17-5-3-2-4-16(17)22-18(24)20-9-8-12-11-21-15-7-6-13(19)10-14(12)15/h2-7,10-11,21H,8-9H2,1H3,(H2,20,22,24). The summed E-state index contributed by atoms with van der Waals surface area (Å²) in [5.41, 5.74) is 3.14. The van der Waals surface area contributed by atoms with Crippen molar-refractivity contribution >= 4 is 45.5 Å². The molecule has 3 N–H and O–H groups in total. The van der Waals surface area contributed by atoms with Crippen molar-refractivity contribution in [1.82, 2.24) is 10.3 Å². The van der Waals surface area contributed by atoms with Crippen molar-refractivity contribution in [1.29, 1.82) is 0 Å². The topological polar surface area (TPSA) is 49.1 Å². The highest BCUT2D eigenvalue weighted by molar-refractivity contribution is 7.80. The predicted octanol–water partition coefficient (Wildman–Crippen LogP) is 4.36. The van der Waals surface area contributed by atoms with E-state index in [1.165, 1.54) is 5.56 Å². The number of halogens is 1. The molecule has 0 aliphatic heterocycles. The molecule has 2 aromatic carbocycles. The number of aromatic amines is 1. The second kappa shape index (κ2) is 7.55. The van der Waals surface area contributed by atoms with Crippen LogP contribution in [0.3, 0.4) is 0 Å². The summed E-state index contributed by atoms with van der Waals surface area (Å²) in [7, 11) is 1.64. The summed E-state index contributed by atoms with van der Waals surface area (Å²) in [6, 6.07) is 13.5. The van der Waals surface area contributed by atoms with E-state index in [1.807, 2.05) is 48.7 Å². The minimum absolute atomic E-state index is 0.567. The van der Waals surface area contributed by atoms with E-state index in [4.69, 9.17) is 28.6 Å². The molecule has 1 aromatic heterocycles. The molecule has 3 aromatic rings. The van der Waals surface area contributed by atoms with E-state index in [0.717, 1.165) is 40.3 Å². The summed E-state index contributed by atoms with van der Waals surface area (Å²) in [5.74, 6) is 0.757. The first-order valence-electron chi connectivity index (χ1n) is 7.61. The number of hydrogen-bond acceptors (Lipinski definition) is 2. The molecule has 0 aliphatic carbocycles. The zero-order valence-corrected chi connectivity index (χ0v) is 14.8. The molecule has 0 bridgehead atoms. The van der Waals surface area contributed by atoms with E-state index in [1.54, 1.807) is 7.11 Å². The Morgan fingerprint density at radius 3 is 2.92 bits per heavy atom. The van der Waals surface area contributed by atoms with E-state index in [2.05, 4.69) is 15.6 Å². The third-order valence-electron chi connectivity index (χ3n) is 3.76. The average Bonchev–Trinajstić information content (AvgIpc) is 2.97. The second-order valence-electron chi connectivity index (χ2n) is 5.34. The zero-order valence-electron chi connectivity index (χ0n) is 13.2. The Morgan fingerprint density at radius 2 is 2.08 bits per heavy atom. The van der Waals surface area contributed by atoms with Crippen LogP contribution in [0.25, 0.3) is 10.9 Å². The number of benzene rings is 2. The molecule has 0 saturated carbocycles. The number of para-hydroxylation sites is 2. The highest BCUT2D eigenvalue weighted by atomic mass is 35.5. The van der Waals surface area contributed by atoms with Crippen LogP contribution in [-0.4, -0.2) is 23.8 Å². The summed E-state index contributed by atoms with van der Waals surface area (Å²) in [6.07, 6.45) is 2.85. The highest BCUT2D eigenvalue weighted by Gasteiger charge is 2.06. The van der Waals surface area contributed by atoms with Gasteiger partial charge in [-0.05, 0) is 54.5 Å². The molecule has 0 amide bonds. The molecule has 6 heteroatoms. The fourth-order valence-electron chi connectivity index (χ4n) is 2.58. The number of rotatable bonds is 5. The lowest BCUT2D eigenvalue weighted by atomic mass is 10.1. The normalized spacial score (nSPS) is 10.6. The molecule has 0 aliphatic rings. The van der Waals surface area contributed by atoms with Gasteiger partial charge in [0.1, 0.15) is 5.75 Å². The van der Waals surface area contributed by atoms with Crippen LogP contribution in [0.1, 0.15) is 5.56 Å². The lowest BCUT2D eigenvalue weighted by molar-refractivity contribution is 0.417. The van der Waals surface area contributed by atoms with E-state index in [9.17, 15) is 0 Å². The molecule has 0 saturated heterocycles. The summed E-state index contributed by atoms with van der Waals surface area (Å²) in [4.78, 5) is 3.26. The minimum Gasteiger partial charge on any atom is -0.495 e. The number of methoxy groups -OCH3 is 1. The number of fused-ring (bicyclic) bond motifs is 1. The van der Waals surface area contributed by atoms with E-state index >= 15 is 0 Å². The number of nitrogens with one attached hydrogen (secondary N) is 3. The number of anilines is 1. The fraction of sp³-hybridized carbons (Fsp3) is 0.167. The number of ether oxygens (including phenoxy) is 1. The van der Waals surface area contributed by atoms with Crippen LogP contribution in [0.2, 0.25) is 5.02 Å². The van der Waals surface area contributed by atoms with Gasteiger partial charge in [0.2, 0.25) is 0 Å². The molecule has 0 unspecified atom stereocenters. The maximum atomic E-state index is 6.08. The minimum atomic E-state index is 0.567. The molecule has 24 heavy (non-hydrogen) atoms. The Hall–Kier alpha value is -2.24. The van der Waals surface area contributed by atoms with Crippen LogP contribution >= 0.6 is 23.8 Å². The lowest BCUT2D eigenvalue weighted by Gasteiger charge is -2.13. The van der Waals surface area contributed by atoms with Crippen molar-refractivity contribution in [3.05, 3.63) is 59.2 Å². The van der Waals surface area contributed by atoms with Gasteiger partial charge in [-0.3, -0.25) is 0 Å². The molecule has 0 fully saturated rings. The second-order valence-corrected chi connectivity index (χ2v) is 6.18. The van der Waals surface area contributed by atoms with Crippen molar-refractivity contribution in [2.75, 3.05) is 19.0 Å². The van der Waals surface area contributed by atoms with Crippen molar-refractivity contribution in [3.8, 4) is 5.75 Å². The molecule has 0 spiro atoms. The van der Waals surface area contributed by atoms with E-state index in [0.29, 0.717) is 5.11 Å². The maximum Gasteiger partial charge on any atom is 0.170 e. The summed E-state index contributed by atoms with van der Waals surface area (Å²) in [5, 5.41) is 8.83. The fourth-order valence-corrected chi connectivity index (χ4v) is 2.97. The Bertz CT molecular complexity index is 862. The van der Waals surface area contributed by atoms with Crippen LogP contribution in [0.15, 0.2) is 48.7 Å². The molecular weight excluding hydrogens is 342 g/mol. The number of hydrogen-bond donors (Lipinski definition) is 3. The quantitative estimate of drug-likeness (QED) is 0.592. The maximum absolute atomic E-state index is 6.08. The zero-order chi connectivity index (χ0) is 16.9. The third-order valence-corrected chi connectivity index (χ3v) is 4.25. The van der Waals surface area contributed by atoms with Crippen molar-refractivity contribution in [2.45, 2.75) is 6.42 Å². The highest BCUT2D eigenvalue weighted by Crippen LogP contribution is 2.23. The Morgan fingerprint density at radius 1 is 1.25 bits per heavy atom. The molecule has 0 radical (unpaired) electrons. The van der Waals surface area contributed by atoms with Gasteiger partial charge in [-0.25, -0.2) is 0 Å². The molecule has 1 heterocycles. The molecule has 0 atom stereocenters. The van der Waals surface area contributed by atoms with Crippen LogP contribution in [0.5, 0.6) is 5.75 Å². The van der Waals surface area contributed by atoms with Gasteiger partial charge in [0.25, 0.3) is 0 Å². The first-order chi connectivity index (χ1) is 11.7. The first kappa shape index (κ1) is 16.6. The third kappa shape index (κ3) is 3.80. The first-order valence-corrected chi connectivity index (χ1v) is 8.39. The average molecular weight is 360 g/mol. The van der Waals surface area contributed by atoms with Crippen molar-refractivity contribution < 1.29 is 4.74 Å². The summed E-state index contributed by atoms with van der Waals surface area (Å²) < 4.78 is 5.30. The van der Waals surface area contributed by atoms with Crippen LogP contribution < -0.4 is 15.4 Å². The Balaban J connectivity index is 1.57. The molecule has 3 rings (SSSR count). The van der Waals surface area contributed by atoms with Crippen molar-refractivity contribution in [2.24, 2.45) is 0 Å². The van der Waals surface area contributed by atoms with Gasteiger partial charge in [0, 0.05) is 28.7 Å². The van der Waals surface area contributed by atoms with Crippen LogP contribution in [0.4, 0.5) is 5.69 Å². The number of aromatic nitrogens is 1. The van der Waals surface area contributed by atoms with Gasteiger partial charge < -0.3 is 20.4 Å². The van der Waals surface area contributed by atoms with Gasteiger partial charge in [0.15, 0.2) is 5.11 Å². The largest absolute Gasteiger partial charge is 0.495 e.